The van der Waals surface area contributed by atoms with E-state index in [9.17, 15) is 37.5 Å². The van der Waals surface area contributed by atoms with Gasteiger partial charge < -0.3 is 9.47 Å². The topological polar surface area (TPSA) is 164 Å². The summed E-state index contributed by atoms with van der Waals surface area (Å²) in [6.45, 7) is 5.39. The van der Waals surface area contributed by atoms with Crippen molar-refractivity contribution in [1.29, 1.82) is 0 Å². The van der Waals surface area contributed by atoms with E-state index in [-0.39, 0.29) is 101 Å². The molecule has 0 spiro atoms. The number of nitrogens with zero attached hydrogens (tertiary/aromatic N) is 4. The van der Waals surface area contributed by atoms with Gasteiger partial charge in [-0.3, -0.25) is 28.9 Å². The Kier molecular flexibility index (Phi) is 17.2. The molecule has 2 aliphatic heterocycles. The SMILES string of the molecule is COC(=O)C1(N(OCc2ccccc2F)C(C)=O)CC[N+](CC(C)c2ccccc2)(OC(=O)C(=O)O[N+]2(CC(C)c3ccccc3)CCC(C(=O)OC)(N(OCc3ccccc3F)C(C)=O)CC2)CC1. The number of hydrogen-bond acceptors (Lipinski definition) is 12. The molecule has 18 heteroatoms. The molecule has 2 atom stereocenters. The second kappa shape index (κ2) is 22.9. The summed E-state index contributed by atoms with van der Waals surface area (Å²) >= 11 is 0. The summed E-state index contributed by atoms with van der Waals surface area (Å²) in [6, 6.07) is 30.6. The Morgan fingerprint density at radius 2 is 0.843 bits per heavy atom. The van der Waals surface area contributed by atoms with E-state index in [1.807, 2.05) is 74.5 Å². The summed E-state index contributed by atoms with van der Waals surface area (Å²) in [6.07, 6.45) is -0.626. The maximum Gasteiger partial charge on any atom is 0.480 e. The van der Waals surface area contributed by atoms with Crippen LogP contribution in [0.25, 0.3) is 0 Å². The van der Waals surface area contributed by atoms with E-state index in [0.29, 0.717) is 0 Å². The van der Waals surface area contributed by atoms with Gasteiger partial charge >= 0.3 is 23.9 Å². The number of carbonyl (C=O) groups excluding carboxylic acids is 6. The first-order valence-corrected chi connectivity index (χ1v) is 23.2. The van der Waals surface area contributed by atoms with Crippen LogP contribution < -0.4 is 0 Å². The Morgan fingerprint density at radius 1 is 0.529 bits per heavy atom. The van der Waals surface area contributed by atoms with Gasteiger partial charge in [0, 0.05) is 62.5 Å². The van der Waals surface area contributed by atoms with Crippen molar-refractivity contribution in [3.63, 3.8) is 0 Å². The second-order valence-corrected chi connectivity index (χ2v) is 18.2. The Labute approximate surface area is 406 Å². The van der Waals surface area contributed by atoms with Crippen molar-refractivity contribution in [3.05, 3.63) is 143 Å². The van der Waals surface area contributed by atoms with Crippen molar-refractivity contribution in [2.75, 3.05) is 53.5 Å². The number of likely N-dealkylation sites (tertiary alicyclic amines) is 2. The van der Waals surface area contributed by atoms with Crippen LogP contribution >= 0.6 is 0 Å². The lowest BCUT2D eigenvalue weighted by Crippen LogP contribution is -2.68. The van der Waals surface area contributed by atoms with Crippen LogP contribution in [0.4, 0.5) is 8.78 Å². The third kappa shape index (κ3) is 11.9. The van der Waals surface area contributed by atoms with E-state index in [1.165, 1.54) is 64.5 Å². The van der Waals surface area contributed by atoms with Crippen LogP contribution in [-0.2, 0) is 70.8 Å². The molecule has 6 rings (SSSR count). The predicted molar refractivity (Wildman–Crippen MR) is 247 cm³/mol. The molecule has 2 amide bonds. The molecule has 4 aromatic carbocycles. The molecule has 2 saturated heterocycles. The first kappa shape index (κ1) is 52.8. The van der Waals surface area contributed by atoms with Gasteiger partial charge in [-0.25, -0.2) is 38.1 Å². The van der Waals surface area contributed by atoms with Gasteiger partial charge in [-0.1, -0.05) is 111 Å². The van der Waals surface area contributed by atoms with Gasteiger partial charge in [0.2, 0.25) is 11.8 Å². The van der Waals surface area contributed by atoms with E-state index in [4.69, 9.17) is 28.8 Å². The minimum atomic E-state index is -1.73. The lowest BCUT2D eigenvalue weighted by molar-refractivity contribution is -1.10. The molecule has 0 aliphatic carbocycles. The number of methoxy groups -OCH3 is 2. The van der Waals surface area contributed by atoms with Gasteiger partial charge in [0.25, 0.3) is 0 Å². The zero-order valence-corrected chi connectivity index (χ0v) is 40.5. The average Bonchev–Trinajstić information content (AvgIpc) is 3.36. The number of piperidine rings is 2. The molecule has 0 N–H and O–H groups in total. The van der Waals surface area contributed by atoms with E-state index >= 15 is 0 Å². The lowest BCUT2D eigenvalue weighted by atomic mass is 9.85. The van der Waals surface area contributed by atoms with E-state index in [0.717, 1.165) is 21.3 Å². The number of hydroxylamine groups is 10. The van der Waals surface area contributed by atoms with Crippen LogP contribution in [0.15, 0.2) is 109 Å². The molecule has 2 unspecified atom stereocenters. The molecule has 0 radical (unpaired) electrons. The van der Waals surface area contributed by atoms with Gasteiger partial charge in [0.15, 0.2) is 11.1 Å². The predicted octanol–water partition coefficient (Wildman–Crippen LogP) is 6.79. The van der Waals surface area contributed by atoms with Gasteiger partial charge in [-0.15, -0.1) is 9.29 Å². The monoisotopic (exact) mass is 972 g/mol. The first-order valence-electron chi connectivity index (χ1n) is 23.2. The minimum absolute atomic E-state index is 0.0986. The quantitative estimate of drug-likeness (QED) is 0.0445. The van der Waals surface area contributed by atoms with Crippen LogP contribution in [0, 0.1) is 11.6 Å². The van der Waals surface area contributed by atoms with E-state index in [2.05, 4.69) is 0 Å². The lowest BCUT2D eigenvalue weighted by Gasteiger charge is -2.48. The third-order valence-electron chi connectivity index (χ3n) is 13.5. The second-order valence-electron chi connectivity index (χ2n) is 18.2. The van der Waals surface area contributed by atoms with Crippen molar-refractivity contribution >= 4 is 35.7 Å². The Hall–Kier alpha value is -6.60. The highest BCUT2D eigenvalue weighted by molar-refractivity contribution is 6.29. The van der Waals surface area contributed by atoms with E-state index < -0.39 is 67.7 Å². The number of quaternary nitrogens is 2. The van der Waals surface area contributed by atoms with Crippen LogP contribution in [0.1, 0.15) is 87.5 Å². The minimum Gasteiger partial charge on any atom is -0.467 e. The maximum absolute atomic E-state index is 14.7. The molecular formula is C52H62F2N4O12+2. The molecule has 70 heavy (non-hydrogen) atoms. The molecule has 16 nitrogen and oxygen atoms in total. The largest absolute Gasteiger partial charge is 0.480 e. The number of amides is 2. The summed E-state index contributed by atoms with van der Waals surface area (Å²) in [7, 11) is 2.35. The fourth-order valence-corrected chi connectivity index (χ4v) is 9.74. The van der Waals surface area contributed by atoms with Gasteiger partial charge in [-0.2, -0.15) is 0 Å². The van der Waals surface area contributed by atoms with Crippen molar-refractivity contribution < 1.29 is 75.7 Å². The van der Waals surface area contributed by atoms with Crippen LogP contribution in [-0.4, -0.2) is 120 Å². The van der Waals surface area contributed by atoms with Gasteiger partial charge in [0.1, 0.15) is 64.1 Å². The third-order valence-corrected chi connectivity index (χ3v) is 13.5. The molecule has 0 saturated carbocycles. The van der Waals surface area contributed by atoms with Crippen molar-refractivity contribution in [3.8, 4) is 0 Å². The highest BCUT2D eigenvalue weighted by Gasteiger charge is 2.59. The van der Waals surface area contributed by atoms with Crippen molar-refractivity contribution in [2.24, 2.45) is 0 Å². The molecule has 0 aromatic heterocycles. The Morgan fingerprint density at radius 3 is 1.14 bits per heavy atom. The number of rotatable bonds is 18. The molecule has 0 bridgehead atoms. The number of halogens is 2. The average molecular weight is 973 g/mol. The van der Waals surface area contributed by atoms with Crippen LogP contribution in [0.5, 0.6) is 0 Å². The number of esters is 2. The zero-order chi connectivity index (χ0) is 50.7. The standard InChI is InChI=1S/C52H62F2N4O12/c1-37(41-17-9-7-10-18-41)33-57(29-25-51(26-30-57,49(63)65-5)55(39(3)59)67-35-43-21-13-15-23-45(43)53)69-47(61)48(62)70-58(34-38(2)42-19-11-8-12-20-42)31-27-52(28-32-58,50(64)66-6)56(40(4)60)68-36-44-22-14-16-24-46(44)54/h7-24,37-38H,25-36H2,1-6H3/q+2. The van der Waals surface area contributed by atoms with Crippen LogP contribution in [0.2, 0.25) is 0 Å². The summed E-state index contributed by atoms with van der Waals surface area (Å²) in [4.78, 5) is 107. The highest BCUT2D eigenvalue weighted by Crippen LogP contribution is 2.39. The summed E-state index contributed by atoms with van der Waals surface area (Å²) in [5.41, 5.74) is -1.36. The van der Waals surface area contributed by atoms with Gasteiger partial charge in [0.05, 0.1) is 14.2 Å². The number of hydrogen-bond donors (Lipinski definition) is 0. The normalized spacial score (nSPS) is 22.9. The fraction of sp³-hybridized carbons (Fsp3) is 0.423. The maximum atomic E-state index is 14.7. The molecule has 4 aromatic rings. The number of benzene rings is 4. The van der Waals surface area contributed by atoms with Crippen molar-refractivity contribution in [1.82, 2.24) is 10.1 Å². The van der Waals surface area contributed by atoms with Crippen molar-refractivity contribution in [2.45, 2.75) is 89.5 Å². The van der Waals surface area contributed by atoms with Gasteiger partial charge in [-0.05, 0) is 23.3 Å². The molecule has 2 fully saturated rings. The summed E-state index contributed by atoms with van der Waals surface area (Å²) in [5.74, 6) is -7.24. The molecule has 374 valence electrons. The molecular weight excluding hydrogens is 911 g/mol. The summed E-state index contributed by atoms with van der Waals surface area (Å²) < 4.78 is 38.9. The smallest absolute Gasteiger partial charge is 0.467 e. The highest BCUT2D eigenvalue weighted by atomic mass is 19.1. The Balaban J connectivity index is 1.29. The van der Waals surface area contributed by atoms with E-state index in [1.54, 1.807) is 12.1 Å². The molecule has 2 aliphatic rings. The molecule has 2 heterocycles. The fourth-order valence-electron chi connectivity index (χ4n) is 9.74. The number of carbonyl (C=O) groups is 6. The Bertz CT molecular complexity index is 2310. The zero-order valence-electron chi connectivity index (χ0n) is 40.5. The first-order chi connectivity index (χ1) is 33.4. The van der Waals surface area contributed by atoms with Crippen LogP contribution in [0.3, 0.4) is 0 Å². The summed E-state index contributed by atoms with van der Waals surface area (Å²) in [5, 5.41) is 1.81. The number of ether oxygens (including phenoxy) is 2.